The van der Waals surface area contributed by atoms with E-state index in [2.05, 4.69) is 4.98 Å². The van der Waals surface area contributed by atoms with Crippen molar-refractivity contribution < 1.29 is 5.11 Å². The number of thioether (sulfide) groups is 1. The Morgan fingerprint density at radius 2 is 2.36 bits per heavy atom. The van der Waals surface area contributed by atoms with E-state index in [9.17, 15) is 0 Å². The predicted octanol–water partition coefficient (Wildman–Crippen LogP) is 1.31. The van der Waals surface area contributed by atoms with Crippen LogP contribution in [0.15, 0.2) is 24.4 Å². The van der Waals surface area contributed by atoms with E-state index in [1.807, 2.05) is 18.2 Å². The molecule has 1 aromatic rings. The largest absolute Gasteiger partial charge is 0.396 e. The van der Waals surface area contributed by atoms with Gasteiger partial charge in [-0.15, -0.1) is 0 Å². The van der Waals surface area contributed by atoms with Gasteiger partial charge in [0.05, 0.1) is 12.3 Å². The fourth-order valence-electron chi connectivity index (χ4n) is 0.725. The van der Waals surface area contributed by atoms with Crippen molar-refractivity contribution in [3.8, 4) is 0 Å². The number of hydrogen-bond donors (Lipinski definition) is 1. The third-order valence-electron chi connectivity index (χ3n) is 1.21. The summed E-state index contributed by atoms with van der Waals surface area (Å²) in [7, 11) is 0. The van der Waals surface area contributed by atoms with Crippen molar-refractivity contribution in [1.82, 2.24) is 4.98 Å². The highest BCUT2D eigenvalue weighted by Crippen LogP contribution is 2.07. The summed E-state index contributed by atoms with van der Waals surface area (Å²) in [6.45, 7) is 0.248. The van der Waals surface area contributed by atoms with Gasteiger partial charge in [0.15, 0.2) is 0 Å². The Kier molecular flexibility index (Phi) is 4.01. The zero-order valence-corrected chi connectivity index (χ0v) is 7.05. The molecule has 0 aliphatic rings. The van der Waals surface area contributed by atoms with Crippen LogP contribution in [0.25, 0.3) is 0 Å². The number of rotatable bonds is 4. The molecular formula is C8H11NOS. The van der Waals surface area contributed by atoms with Crippen LogP contribution < -0.4 is 0 Å². The minimum Gasteiger partial charge on any atom is -0.396 e. The molecule has 0 spiro atoms. The van der Waals surface area contributed by atoms with Crippen LogP contribution in [-0.2, 0) is 5.75 Å². The maximum absolute atomic E-state index is 8.50. The fraction of sp³-hybridized carbons (Fsp3) is 0.375. The van der Waals surface area contributed by atoms with Gasteiger partial charge in [-0.05, 0) is 12.1 Å². The van der Waals surface area contributed by atoms with E-state index in [4.69, 9.17) is 5.11 Å². The van der Waals surface area contributed by atoms with Gasteiger partial charge in [-0.25, -0.2) is 0 Å². The van der Waals surface area contributed by atoms with Crippen molar-refractivity contribution in [3.63, 3.8) is 0 Å². The summed E-state index contributed by atoms with van der Waals surface area (Å²) in [5.41, 5.74) is 1.07. The number of nitrogens with zero attached hydrogens (tertiary/aromatic N) is 1. The summed E-state index contributed by atoms with van der Waals surface area (Å²) in [5.74, 6) is 1.68. The van der Waals surface area contributed by atoms with Gasteiger partial charge in [0, 0.05) is 17.7 Å². The average Bonchev–Trinajstić information content (AvgIpc) is 2.07. The SMILES string of the molecule is OCCSCc1ccccn1. The molecule has 0 aliphatic carbocycles. The third kappa shape index (κ3) is 3.39. The van der Waals surface area contributed by atoms with Crippen LogP contribution in [0.4, 0.5) is 0 Å². The van der Waals surface area contributed by atoms with Gasteiger partial charge in [-0.1, -0.05) is 6.07 Å². The monoisotopic (exact) mass is 169 g/mol. The van der Waals surface area contributed by atoms with E-state index < -0.39 is 0 Å². The topological polar surface area (TPSA) is 33.1 Å². The average molecular weight is 169 g/mol. The molecule has 0 saturated carbocycles. The van der Waals surface area contributed by atoms with E-state index in [0.717, 1.165) is 17.2 Å². The second kappa shape index (κ2) is 5.16. The van der Waals surface area contributed by atoms with E-state index >= 15 is 0 Å². The van der Waals surface area contributed by atoms with Crippen LogP contribution in [0.3, 0.4) is 0 Å². The lowest BCUT2D eigenvalue weighted by Crippen LogP contribution is -1.89. The number of hydrogen-bond acceptors (Lipinski definition) is 3. The highest BCUT2D eigenvalue weighted by molar-refractivity contribution is 7.98. The summed E-state index contributed by atoms with van der Waals surface area (Å²) in [5, 5.41) is 8.50. The van der Waals surface area contributed by atoms with E-state index in [-0.39, 0.29) is 6.61 Å². The quantitative estimate of drug-likeness (QED) is 0.690. The molecule has 1 aromatic heterocycles. The molecule has 2 nitrogen and oxygen atoms in total. The molecule has 1 N–H and O–H groups in total. The lowest BCUT2D eigenvalue weighted by molar-refractivity contribution is 0.322. The number of aliphatic hydroxyl groups is 1. The highest BCUT2D eigenvalue weighted by Gasteiger charge is 1.91. The first-order chi connectivity index (χ1) is 5.43. The maximum Gasteiger partial charge on any atom is 0.0521 e. The van der Waals surface area contributed by atoms with Crippen molar-refractivity contribution in [3.05, 3.63) is 30.1 Å². The molecule has 0 unspecified atom stereocenters. The summed E-state index contributed by atoms with van der Waals surface area (Å²) in [6.07, 6.45) is 1.79. The molecule has 60 valence electrons. The van der Waals surface area contributed by atoms with Crippen LogP contribution in [0.5, 0.6) is 0 Å². The summed E-state index contributed by atoms with van der Waals surface area (Å²) in [4.78, 5) is 4.15. The van der Waals surface area contributed by atoms with Gasteiger partial charge >= 0.3 is 0 Å². The van der Waals surface area contributed by atoms with E-state index in [1.54, 1.807) is 18.0 Å². The van der Waals surface area contributed by atoms with Gasteiger partial charge < -0.3 is 5.11 Å². The smallest absolute Gasteiger partial charge is 0.0521 e. The van der Waals surface area contributed by atoms with Crippen LogP contribution in [-0.4, -0.2) is 22.5 Å². The Hall–Kier alpha value is -0.540. The summed E-state index contributed by atoms with van der Waals surface area (Å²) < 4.78 is 0. The van der Waals surface area contributed by atoms with Gasteiger partial charge in [-0.2, -0.15) is 11.8 Å². The van der Waals surface area contributed by atoms with Crippen molar-refractivity contribution in [2.45, 2.75) is 5.75 Å². The molecule has 0 saturated heterocycles. The van der Waals surface area contributed by atoms with Gasteiger partial charge in [0.1, 0.15) is 0 Å². The van der Waals surface area contributed by atoms with Crippen LogP contribution >= 0.6 is 11.8 Å². The molecule has 0 radical (unpaired) electrons. The van der Waals surface area contributed by atoms with Crippen molar-refractivity contribution in [2.75, 3.05) is 12.4 Å². The van der Waals surface area contributed by atoms with Crippen molar-refractivity contribution in [2.24, 2.45) is 0 Å². The Labute approximate surface area is 70.7 Å². The zero-order valence-electron chi connectivity index (χ0n) is 6.23. The van der Waals surface area contributed by atoms with Gasteiger partial charge in [-0.3, -0.25) is 4.98 Å². The number of aromatic nitrogens is 1. The second-order valence-electron chi connectivity index (χ2n) is 2.10. The Morgan fingerprint density at radius 3 is 3.00 bits per heavy atom. The number of pyridine rings is 1. The Morgan fingerprint density at radius 1 is 1.45 bits per heavy atom. The first-order valence-electron chi connectivity index (χ1n) is 3.52. The summed E-state index contributed by atoms with van der Waals surface area (Å²) >= 11 is 1.69. The first kappa shape index (κ1) is 8.56. The summed E-state index contributed by atoms with van der Waals surface area (Å²) in [6, 6.07) is 5.87. The van der Waals surface area contributed by atoms with Crippen LogP contribution in [0.1, 0.15) is 5.69 Å². The molecule has 0 atom stereocenters. The minimum absolute atomic E-state index is 0.248. The third-order valence-corrected chi connectivity index (χ3v) is 2.18. The Balaban J connectivity index is 2.28. The van der Waals surface area contributed by atoms with Gasteiger partial charge in [0.2, 0.25) is 0 Å². The van der Waals surface area contributed by atoms with Crippen molar-refractivity contribution >= 4 is 11.8 Å². The van der Waals surface area contributed by atoms with Crippen LogP contribution in [0.2, 0.25) is 0 Å². The molecule has 3 heteroatoms. The molecular weight excluding hydrogens is 158 g/mol. The predicted molar refractivity (Wildman–Crippen MR) is 47.5 cm³/mol. The second-order valence-corrected chi connectivity index (χ2v) is 3.20. The molecule has 0 amide bonds. The lowest BCUT2D eigenvalue weighted by atomic mass is 10.4. The minimum atomic E-state index is 0.248. The molecule has 0 fully saturated rings. The standard InChI is InChI=1S/C8H11NOS/c10-5-6-11-7-8-3-1-2-4-9-8/h1-4,10H,5-7H2. The lowest BCUT2D eigenvalue weighted by Gasteiger charge is -1.97. The normalized spacial score (nSPS) is 9.91. The molecule has 0 bridgehead atoms. The van der Waals surface area contributed by atoms with Crippen LogP contribution in [0, 0.1) is 0 Å². The Bertz CT molecular complexity index is 191. The van der Waals surface area contributed by atoms with E-state index in [0.29, 0.717) is 0 Å². The molecule has 11 heavy (non-hydrogen) atoms. The molecule has 0 aromatic carbocycles. The highest BCUT2D eigenvalue weighted by atomic mass is 32.2. The maximum atomic E-state index is 8.50. The number of aliphatic hydroxyl groups excluding tert-OH is 1. The molecule has 0 aliphatic heterocycles. The first-order valence-corrected chi connectivity index (χ1v) is 4.67. The van der Waals surface area contributed by atoms with Gasteiger partial charge in [0.25, 0.3) is 0 Å². The molecule has 1 heterocycles. The van der Waals surface area contributed by atoms with E-state index in [1.165, 1.54) is 0 Å². The zero-order chi connectivity index (χ0) is 7.94. The fourth-order valence-corrected chi connectivity index (χ4v) is 1.38. The van der Waals surface area contributed by atoms with Crippen molar-refractivity contribution in [1.29, 1.82) is 0 Å². The molecule has 1 rings (SSSR count).